The van der Waals surface area contributed by atoms with E-state index in [1.807, 2.05) is 24.3 Å². The molecular formula is C10H12N4O. The highest BCUT2D eigenvalue weighted by Crippen LogP contribution is 2.21. The predicted octanol–water partition coefficient (Wildman–Crippen LogP) is 0.735. The first kappa shape index (κ1) is 9.67. The fourth-order valence-corrected chi connectivity index (χ4v) is 1.40. The van der Waals surface area contributed by atoms with Crippen molar-refractivity contribution >= 4 is 0 Å². The molecule has 0 aliphatic carbocycles. The quantitative estimate of drug-likeness (QED) is 0.800. The lowest BCUT2D eigenvalue weighted by Gasteiger charge is -2.09. The topological polar surface area (TPSA) is 66.0 Å². The predicted molar refractivity (Wildman–Crippen MR) is 55.8 cm³/mol. The van der Waals surface area contributed by atoms with E-state index in [0.717, 1.165) is 17.1 Å². The van der Waals surface area contributed by atoms with Gasteiger partial charge in [0.15, 0.2) is 0 Å². The molecule has 78 valence electrons. The number of methoxy groups -OCH3 is 1. The van der Waals surface area contributed by atoms with Crippen LogP contribution in [0.25, 0.3) is 5.69 Å². The maximum atomic E-state index is 5.58. The zero-order valence-electron chi connectivity index (χ0n) is 8.42. The van der Waals surface area contributed by atoms with Gasteiger partial charge in [0.25, 0.3) is 0 Å². The van der Waals surface area contributed by atoms with Crippen LogP contribution in [0.2, 0.25) is 0 Å². The molecule has 0 atom stereocenters. The molecular weight excluding hydrogens is 192 g/mol. The van der Waals surface area contributed by atoms with E-state index >= 15 is 0 Å². The van der Waals surface area contributed by atoms with Gasteiger partial charge in [0.05, 0.1) is 19.0 Å². The van der Waals surface area contributed by atoms with Gasteiger partial charge in [-0.1, -0.05) is 17.3 Å². The summed E-state index contributed by atoms with van der Waals surface area (Å²) < 4.78 is 6.92. The molecule has 0 aliphatic rings. The minimum Gasteiger partial charge on any atom is -0.494 e. The number of ether oxygens (including phenoxy) is 1. The summed E-state index contributed by atoms with van der Waals surface area (Å²) in [5.74, 6) is 0.748. The number of para-hydroxylation sites is 2. The van der Waals surface area contributed by atoms with Crippen molar-refractivity contribution in [2.75, 3.05) is 7.11 Å². The Morgan fingerprint density at radius 2 is 2.20 bits per heavy atom. The van der Waals surface area contributed by atoms with Crippen LogP contribution in [-0.4, -0.2) is 22.1 Å². The highest BCUT2D eigenvalue weighted by atomic mass is 16.5. The van der Waals surface area contributed by atoms with Gasteiger partial charge in [-0.3, -0.25) is 0 Å². The SMILES string of the molecule is COc1ccccc1-n1nncc1CN. The third-order valence-corrected chi connectivity index (χ3v) is 2.14. The molecule has 0 amide bonds. The van der Waals surface area contributed by atoms with E-state index in [1.165, 1.54) is 0 Å². The number of rotatable bonds is 3. The van der Waals surface area contributed by atoms with E-state index in [1.54, 1.807) is 18.0 Å². The molecule has 2 aromatic rings. The molecule has 2 rings (SSSR count). The van der Waals surface area contributed by atoms with Gasteiger partial charge in [-0.15, -0.1) is 5.10 Å². The zero-order chi connectivity index (χ0) is 10.7. The van der Waals surface area contributed by atoms with E-state index < -0.39 is 0 Å². The van der Waals surface area contributed by atoms with Gasteiger partial charge in [-0.25, -0.2) is 4.68 Å². The highest BCUT2D eigenvalue weighted by Gasteiger charge is 2.08. The molecule has 5 nitrogen and oxygen atoms in total. The standard InChI is InChI=1S/C10H12N4O/c1-15-10-5-3-2-4-9(10)14-8(6-11)7-12-13-14/h2-5,7H,6,11H2,1H3. The second-order valence-corrected chi connectivity index (χ2v) is 3.01. The third kappa shape index (κ3) is 1.69. The second kappa shape index (κ2) is 4.10. The van der Waals surface area contributed by atoms with Crippen LogP contribution < -0.4 is 10.5 Å². The normalized spacial score (nSPS) is 10.3. The first-order valence-corrected chi connectivity index (χ1v) is 4.60. The van der Waals surface area contributed by atoms with E-state index in [-0.39, 0.29) is 0 Å². The van der Waals surface area contributed by atoms with Gasteiger partial charge in [0, 0.05) is 6.54 Å². The minimum absolute atomic E-state index is 0.394. The van der Waals surface area contributed by atoms with Crippen molar-refractivity contribution in [3.63, 3.8) is 0 Å². The summed E-state index contributed by atoms with van der Waals surface area (Å²) in [5.41, 5.74) is 7.27. The number of hydrogen-bond acceptors (Lipinski definition) is 4. The summed E-state index contributed by atoms with van der Waals surface area (Å²) in [5, 5.41) is 7.79. The zero-order valence-corrected chi connectivity index (χ0v) is 8.42. The van der Waals surface area contributed by atoms with Crippen LogP contribution in [0.4, 0.5) is 0 Å². The maximum absolute atomic E-state index is 5.58. The van der Waals surface area contributed by atoms with Crippen LogP contribution in [0.1, 0.15) is 5.69 Å². The van der Waals surface area contributed by atoms with Gasteiger partial charge < -0.3 is 10.5 Å². The summed E-state index contributed by atoms with van der Waals surface area (Å²) in [6.45, 7) is 0.394. The van der Waals surface area contributed by atoms with E-state index in [9.17, 15) is 0 Å². The minimum atomic E-state index is 0.394. The average Bonchev–Trinajstić information content (AvgIpc) is 2.76. The molecule has 15 heavy (non-hydrogen) atoms. The summed E-state index contributed by atoms with van der Waals surface area (Å²) in [7, 11) is 1.62. The number of nitrogens with zero attached hydrogens (tertiary/aromatic N) is 3. The number of nitrogens with two attached hydrogens (primary N) is 1. The molecule has 0 aliphatic heterocycles. The Bertz CT molecular complexity index is 452. The molecule has 0 fully saturated rings. The summed E-state index contributed by atoms with van der Waals surface area (Å²) in [4.78, 5) is 0. The van der Waals surface area contributed by atoms with Crippen molar-refractivity contribution in [2.45, 2.75) is 6.54 Å². The Balaban J connectivity index is 2.53. The number of benzene rings is 1. The first-order chi connectivity index (χ1) is 7.36. The van der Waals surface area contributed by atoms with Crippen molar-refractivity contribution in [1.82, 2.24) is 15.0 Å². The summed E-state index contributed by atoms with van der Waals surface area (Å²) in [6, 6.07) is 7.60. The lowest BCUT2D eigenvalue weighted by Crippen LogP contribution is -2.07. The Morgan fingerprint density at radius 3 is 2.93 bits per heavy atom. The fourth-order valence-electron chi connectivity index (χ4n) is 1.40. The van der Waals surface area contributed by atoms with Gasteiger partial charge in [0.1, 0.15) is 11.4 Å². The van der Waals surface area contributed by atoms with Crippen molar-refractivity contribution < 1.29 is 4.74 Å². The first-order valence-electron chi connectivity index (χ1n) is 4.60. The van der Waals surface area contributed by atoms with Gasteiger partial charge in [-0.05, 0) is 12.1 Å². The molecule has 0 bridgehead atoms. The molecule has 1 aromatic heterocycles. The lowest BCUT2D eigenvalue weighted by molar-refractivity contribution is 0.411. The van der Waals surface area contributed by atoms with E-state index in [4.69, 9.17) is 10.5 Å². The molecule has 0 radical (unpaired) electrons. The van der Waals surface area contributed by atoms with Crippen molar-refractivity contribution in [2.24, 2.45) is 5.73 Å². The Kier molecular flexibility index (Phi) is 2.64. The van der Waals surface area contributed by atoms with Crippen molar-refractivity contribution in [1.29, 1.82) is 0 Å². The van der Waals surface area contributed by atoms with Gasteiger partial charge >= 0.3 is 0 Å². The Hall–Kier alpha value is -1.88. The summed E-state index contributed by atoms with van der Waals surface area (Å²) in [6.07, 6.45) is 1.65. The third-order valence-electron chi connectivity index (χ3n) is 2.14. The molecule has 0 unspecified atom stereocenters. The van der Waals surface area contributed by atoms with Gasteiger partial charge in [-0.2, -0.15) is 0 Å². The van der Waals surface area contributed by atoms with Crippen LogP contribution in [-0.2, 0) is 6.54 Å². The fraction of sp³-hybridized carbons (Fsp3) is 0.200. The smallest absolute Gasteiger partial charge is 0.144 e. The molecule has 0 saturated carbocycles. The van der Waals surface area contributed by atoms with Crippen LogP contribution in [0.3, 0.4) is 0 Å². The number of aromatic nitrogens is 3. The molecule has 0 spiro atoms. The van der Waals surface area contributed by atoms with Crippen LogP contribution >= 0.6 is 0 Å². The molecule has 0 saturated heterocycles. The van der Waals surface area contributed by atoms with Crippen molar-refractivity contribution in [3.8, 4) is 11.4 Å². The largest absolute Gasteiger partial charge is 0.494 e. The highest BCUT2D eigenvalue weighted by molar-refractivity contribution is 5.46. The maximum Gasteiger partial charge on any atom is 0.144 e. The van der Waals surface area contributed by atoms with Crippen molar-refractivity contribution in [3.05, 3.63) is 36.2 Å². The molecule has 2 N–H and O–H groups in total. The summed E-state index contributed by atoms with van der Waals surface area (Å²) >= 11 is 0. The number of hydrogen-bond donors (Lipinski definition) is 1. The Labute approximate surface area is 87.5 Å². The molecule has 1 aromatic carbocycles. The average molecular weight is 204 g/mol. The van der Waals surface area contributed by atoms with Gasteiger partial charge in [0.2, 0.25) is 0 Å². The van der Waals surface area contributed by atoms with E-state index in [2.05, 4.69) is 10.3 Å². The molecule has 1 heterocycles. The van der Waals surface area contributed by atoms with Crippen LogP contribution in [0, 0.1) is 0 Å². The monoisotopic (exact) mass is 204 g/mol. The lowest BCUT2D eigenvalue weighted by atomic mass is 10.3. The second-order valence-electron chi connectivity index (χ2n) is 3.01. The molecule has 5 heteroatoms. The van der Waals surface area contributed by atoms with E-state index in [0.29, 0.717) is 6.54 Å². The van der Waals surface area contributed by atoms with Crippen LogP contribution in [0.5, 0.6) is 5.75 Å². The van der Waals surface area contributed by atoms with Crippen LogP contribution in [0.15, 0.2) is 30.5 Å². The Morgan fingerprint density at radius 1 is 1.40 bits per heavy atom.